The van der Waals surface area contributed by atoms with E-state index in [0.29, 0.717) is 11.8 Å². The van der Waals surface area contributed by atoms with Gasteiger partial charge in [-0.3, -0.25) is 24.3 Å². The number of carboxylic acid groups (broad SMARTS) is 2. The zero-order valence-electron chi connectivity index (χ0n) is 13.2. The normalized spacial score (nSPS) is 15.7. The van der Waals surface area contributed by atoms with E-state index in [1.807, 2.05) is 0 Å². The molecule has 13 heteroatoms. The Morgan fingerprint density at radius 2 is 1.96 bits per heavy atom. The lowest BCUT2D eigenvalue weighted by Crippen LogP contribution is -2.31. The third kappa shape index (κ3) is 6.07. The van der Waals surface area contributed by atoms with Crippen LogP contribution in [0.25, 0.3) is 0 Å². The first kappa shape index (κ1) is 22.1. The Morgan fingerprint density at radius 1 is 1.35 bits per heavy atom. The molecule has 1 aromatic rings. The van der Waals surface area contributed by atoms with Crippen LogP contribution in [0.15, 0.2) is 23.1 Å². The first-order valence-electron chi connectivity index (χ1n) is 7.06. The summed E-state index contributed by atoms with van der Waals surface area (Å²) in [6.45, 7) is 0. The van der Waals surface area contributed by atoms with E-state index in [0.717, 1.165) is 6.07 Å². The van der Waals surface area contributed by atoms with Crippen molar-refractivity contribution >= 4 is 36.8 Å². The molecule has 11 nitrogen and oxygen atoms in total. The van der Waals surface area contributed by atoms with Gasteiger partial charge >= 0.3 is 11.9 Å². The lowest BCUT2D eigenvalue weighted by atomic mass is 10.2. The molecule has 0 spiro atoms. The van der Waals surface area contributed by atoms with Crippen molar-refractivity contribution in [2.45, 2.75) is 23.2 Å². The average molecular weight is 408 g/mol. The molecule has 2 unspecified atom stereocenters. The van der Waals surface area contributed by atoms with E-state index in [4.69, 9.17) is 15.9 Å². The van der Waals surface area contributed by atoms with E-state index < -0.39 is 53.7 Å². The Hall–Kier alpha value is -1.98. The first-order valence-corrected chi connectivity index (χ1v) is 9.96. The zero-order chi connectivity index (χ0) is 20.1. The molecule has 0 fully saturated rings. The lowest BCUT2D eigenvalue weighted by molar-refractivity contribution is -0.387. The van der Waals surface area contributed by atoms with Gasteiger partial charge in [0, 0.05) is 12.2 Å². The van der Waals surface area contributed by atoms with Crippen molar-refractivity contribution in [3.63, 3.8) is 0 Å². The average Bonchev–Trinajstić information content (AvgIpc) is 2.56. The van der Waals surface area contributed by atoms with Gasteiger partial charge in [0.2, 0.25) is 7.37 Å². The standard InChI is InChI=1S/C13H17N2O9PS/c14-8(12(18)19)3-4-25(23,24)13(20)7-1-2-10(26-6-11(16)17)9(5-7)15(21)22/h1-2,5,8,13,20H,3-4,6,14H2,(H,16,17)(H,18,19)(H,23,24)/t8-,13?/m0/s1. The number of nitro groups is 1. The van der Waals surface area contributed by atoms with E-state index in [9.17, 15) is 34.3 Å². The number of benzene rings is 1. The van der Waals surface area contributed by atoms with Crippen LogP contribution >= 0.6 is 19.1 Å². The predicted octanol–water partition coefficient (Wildman–Crippen LogP) is 0.835. The van der Waals surface area contributed by atoms with Gasteiger partial charge in [-0.05, 0) is 18.1 Å². The second-order valence-corrected chi connectivity index (χ2v) is 8.72. The summed E-state index contributed by atoms with van der Waals surface area (Å²) < 4.78 is 12.2. The largest absolute Gasteiger partial charge is 0.481 e. The molecule has 0 aliphatic heterocycles. The molecule has 0 heterocycles. The molecule has 1 aromatic carbocycles. The van der Waals surface area contributed by atoms with E-state index in [2.05, 4.69) is 0 Å². The van der Waals surface area contributed by atoms with Crippen molar-refractivity contribution in [3.05, 3.63) is 33.9 Å². The van der Waals surface area contributed by atoms with Crippen LogP contribution in [0.4, 0.5) is 5.69 Å². The Labute approximate surface area is 151 Å². The van der Waals surface area contributed by atoms with Crippen LogP contribution in [0.2, 0.25) is 0 Å². The summed E-state index contributed by atoms with van der Waals surface area (Å²) in [7, 11) is -4.31. The van der Waals surface area contributed by atoms with Crippen molar-refractivity contribution in [3.8, 4) is 0 Å². The number of hydrogen-bond donors (Lipinski definition) is 5. The molecule has 3 atom stereocenters. The second kappa shape index (κ2) is 9.10. The minimum atomic E-state index is -4.31. The Morgan fingerprint density at radius 3 is 2.46 bits per heavy atom. The van der Waals surface area contributed by atoms with Crippen molar-refractivity contribution in [2.24, 2.45) is 5.73 Å². The molecule has 0 saturated carbocycles. The fourth-order valence-corrected chi connectivity index (χ4v) is 4.15. The minimum absolute atomic E-state index is 0.0222. The summed E-state index contributed by atoms with van der Waals surface area (Å²) in [5.41, 5.74) is 4.52. The molecule has 0 aliphatic carbocycles. The fraction of sp³-hybridized carbons (Fsp3) is 0.385. The maximum atomic E-state index is 12.2. The number of nitrogens with zero attached hydrogens (tertiary/aromatic N) is 1. The highest BCUT2D eigenvalue weighted by Gasteiger charge is 2.33. The number of aliphatic carboxylic acids is 2. The van der Waals surface area contributed by atoms with Gasteiger partial charge in [0.1, 0.15) is 6.04 Å². The topological polar surface area (TPSA) is 201 Å². The molecule has 26 heavy (non-hydrogen) atoms. The molecule has 0 saturated heterocycles. The fourth-order valence-electron chi connectivity index (χ4n) is 1.90. The van der Waals surface area contributed by atoms with E-state index in [1.54, 1.807) is 0 Å². The van der Waals surface area contributed by atoms with E-state index in [-0.39, 0.29) is 16.9 Å². The number of nitro benzene ring substituents is 1. The maximum absolute atomic E-state index is 12.2. The predicted molar refractivity (Wildman–Crippen MR) is 91.3 cm³/mol. The number of aliphatic hydroxyl groups excluding tert-OH is 1. The SMILES string of the molecule is N[C@@H](CCP(=O)(O)C(O)c1ccc(SCC(=O)O)c([N+](=O)[O-])c1)C(=O)O. The van der Waals surface area contributed by atoms with Gasteiger partial charge in [-0.15, -0.1) is 11.8 Å². The van der Waals surface area contributed by atoms with Gasteiger partial charge in [0.05, 0.1) is 15.6 Å². The number of nitrogens with two attached hydrogens (primary N) is 1. The number of thioether (sulfide) groups is 1. The van der Waals surface area contributed by atoms with Crippen LogP contribution in [0.5, 0.6) is 0 Å². The highest BCUT2D eigenvalue weighted by atomic mass is 32.2. The summed E-state index contributed by atoms with van der Waals surface area (Å²) in [6, 6.07) is 1.84. The van der Waals surface area contributed by atoms with Gasteiger partial charge in [-0.25, -0.2) is 0 Å². The molecular formula is C13H17N2O9PS. The number of hydrogen-bond acceptors (Lipinski definition) is 8. The highest BCUT2D eigenvalue weighted by molar-refractivity contribution is 8.00. The number of rotatable bonds is 10. The summed E-state index contributed by atoms with van der Waals surface area (Å²) in [4.78, 5) is 41.5. The molecule has 0 radical (unpaired) electrons. The third-order valence-corrected chi connectivity index (χ3v) is 6.30. The van der Waals surface area contributed by atoms with Crippen molar-refractivity contribution in [1.29, 1.82) is 0 Å². The van der Waals surface area contributed by atoms with Crippen molar-refractivity contribution in [2.75, 3.05) is 11.9 Å². The maximum Gasteiger partial charge on any atom is 0.320 e. The molecule has 0 amide bonds. The van der Waals surface area contributed by atoms with Gasteiger partial charge in [-0.2, -0.15) is 0 Å². The third-order valence-electron chi connectivity index (χ3n) is 3.29. The van der Waals surface area contributed by atoms with Crippen molar-refractivity contribution < 1.29 is 39.3 Å². The van der Waals surface area contributed by atoms with E-state index in [1.165, 1.54) is 12.1 Å². The van der Waals surface area contributed by atoms with Crippen LogP contribution < -0.4 is 5.73 Å². The smallest absolute Gasteiger partial charge is 0.320 e. The summed E-state index contributed by atoms with van der Waals surface area (Å²) in [6.07, 6.45) is -0.959. The minimum Gasteiger partial charge on any atom is -0.481 e. The zero-order valence-corrected chi connectivity index (χ0v) is 14.9. The number of carbonyl (C=O) groups is 2. The number of carboxylic acids is 2. The summed E-state index contributed by atoms with van der Waals surface area (Å²) >= 11 is 0.693. The van der Waals surface area contributed by atoms with Crippen LogP contribution in [0, 0.1) is 10.1 Å². The van der Waals surface area contributed by atoms with Gasteiger partial charge in [0.15, 0.2) is 5.85 Å². The van der Waals surface area contributed by atoms with Crippen molar-refractivity contribution in [1.82, 2.24) is 0 Å². The molecule has 0 aliphatic rings. The van der Waals surface area contributed by atoms with Crippen LogP contribution in [-0.2, 0) is 14.2 Å². The highest BCUT2D eigenvalue weighted by Crippen LogP contribution is 2.55. The Kier molecular flexibility index (Phi) is 7.72. The van der Waals surface area contributed by atoms with Gasteiger partial charge < -0.3 is 25.9 Å². The Bertz CT molecular complexity index is 757. The van der Waals surface area contributed by atoms with Crippen LogP contribution in [-0.4, -0.2) is 55.0 Å². The monoisotopic (exact) mass is 408 g/mol. The van der Waals surface area contributed by atoms with Crippen LogP contribution in [0.1, 0.15) is 17.8 Å². The molecule has 0 bridgehead atoms. The molecule has 0 aromatic heterocycles. The molecule has 6 N–H and O–H groups in total. The lowest BCUT2D eigenvalue weighted by Gasteiger charge is -2.19. The quantitative estimate of drug-likeness (QED) is 0.159. The Balaban J connectivity index is 3.04. The first-order chi connectivity index (χ1) is 12.0. The number of aliphatic hydroxyl groups is 1. The van der Waals surface area contributed by atoms with Gasteiger partial charge in [0.25, 0.3) is 5.69 Å². The summed E-state index contributed by atoms with van der Waals surface area (Å²) in [5, 5.41) is 38.5. The molecule has 1 rings (SSSR count). The molecule has 144 valence electrons. The molecular weight excluding hydrogens is 391 g/mol. The van der Waals surface area contributed by atoms with E-state index >= 15 is 0 Å². The second-order valence-electron chi connectivity index (χ2n) is 5.25. The summed E-state index contributed by atoms with van der Waals surface area (Å²) in [5.74, 6) is -4.94. The van der Waals surface area contributed by atoms with Crippen LogP contribution in [0.3, 0.4) is 0 Å². The van der Waals surface area contributed by atoms with Gasteiger partial charge in [-0.1, -0.05) is 6.07 Å².